The molecule has 3 aromatic heterocycles. The summed E-state index contributed by atoms with van der Waals surface area (Å²) in [4.78, 5) is 40.2. The number of amides is 2. The molecule has 0 unspecified atom stereocenters. The molecule has 9 nitrogen and oxygen atoms in total. The number of pyridine rings is 2. The van der Waals surface area contributed by atoms with Crippen LogP contribution in [-0.2, 0) is 22.6 Å². The van der Waals surface area contributed by atoms with Crippen molar-refractivity contribution in [1.82, 2.24) is 29.7 Å². The molecule has 4 aromatic rings. The minimum atomic E-state index is -0.234. The quantitative estimate of drug-likeness (QED) is 0.401. The van der Waals surface area contributed by atoms with E-state index in [1.807, 2.05) is 47.5 Å². The molecule has 0 fully saturated rings. The van der Waals surface area contributed by atoms with Crippen LogP contribution in [0.2, 0.25) is 0 Å². The molecule has 9 heteroatoms. The topological polar surface area (TPSA) is 102 Å². The zero-order valence-electron chi connectivity index (χ0n) is 22.3. The fraction of sp³-hybridized carbons (Fsp3) is 0.258. The van der Waals surface area contributed by atoms with Gasteiger partial charge >= 0.3 is 0 Å². The number of nitrogens with one attached hydrogen (secondary N) is 1. The number of hydrogen-bond acceptors (Lipinski definition) is 6. The molecule has 1 atom stereocenters. The summed E-state index contributed by atoms with van der Waals surface area (Å²) in [6.45, 7) is 4.35. The maximum Gasteiger partial charge on any atom is 0.269 e. The standard InChI is InChI=1S/C31H28N6O3/c1-20(38)36-12-13-37-28(18-36)29(35-30(37)23-7-4-3-5-14-40-19-23)24-9-6-8-21-15-27(34-17-25(21)24)22-10-11-26(33-16-22)31(39)32-2/h5-11,15-17,23H,12-14,18-19H2,1-2H3,(H,32,39)/t23-/m0/s1. The first-order valence-electron chi connectivity index (χ1n) is 13.2. The van der Waals surface area contributed by atoms with E-state index < -0.39 is 0 Å². The van der Waals surface area contributed by atoms with E-state index in [1.165, 1.54) is 0 Å². The Bertz CT molecular complexity index is 1730. The van der Waals surface area contributed by atoms with Crippen LogP contribution in [0.3, 0.4) is 0 Å². The zero-order valence-corrected chi connectivity index (χ0v) is 22.3. The average molecular weight is 533 g/mol. The predicted octanol–water partition coefficient (Wildman–Crippen LogP) is 3.86. The van der Waals surface area contributed by atoms with Gasteiger partial charge in [-0.25, -0.2) is 4.98 Å². The van der Waals surface area contributed by atoms with Gasteiger partial charge in [0.05, 0.1) is 42.8 Å². The molecule has 200 valence electrons. The van der Waals surface area contributed by atoms with Crippen LogP contribution in [0.15, 0.2) is 72.4 Å². The summed E-state index contributed by atoms with van der Waals surface area (Å²) in [5.74, 6) is 0.626. The molecule has 0 bridgehead atoms. The number of ether oxygens (including phenoxy) is 1. The monoisotopic (exact) mass is 532 g/mol. The summed E-state index contributed by atoms with van der Waals surface area (Å²) in [6.07, 6.45) is 7.28. The number of fused-ring (bicyclic) bond motifs is 2. The Morgan fingerprint density at radius 1 is 1.10 bits per heavy atom. The van der Waals surface area contributed by atoms with Crippen LogP contribution in [0.1, 0.15) is 34.8 Å². The van der Waals surface area contributed by atoms with E-state index in [2.05, 4.69) is 32.4 Å². The van der Waals surface area contributed by atoms with Crippen molar-refractivity contribution >= 4 is 22.6 Å². The van der Waals surface area contributed by atoms with Gasteiger partial charge in [0.1, 0.15) is 11.5 Å². The lowest BCUT2D eigenvalue weighted by molar-refractivity contribution is -0.130. The van der Waals surface area contributed by atoms with Crippen LogP contribution < -0.4 is 5.32 Å². The van der Waals surface area contributed by atoms with Crippen molar-refractivity contribution in [2.45, 2.75) is 25.9 Å². The highest BCUT2D eigenvalue weighted by Gasteiger charge is 2.29. The smallest absolute Gasteiger partial charge is 0.269 e. The summed E-state index contributed by atoms with van der Waals surface area (Å²) in [7, 11) is 1.58. The third-order valence-corrected chi connectivity index (χ3v) is 7.32. The van der Waals surface area contributed by atoms with Crippen LogP contribution in [0.5, 0.6) is 0 Å². The van der Waals surface area contributed by atoms with E-state index in [-0.39, 0.29) is 17.7 Å². The van der Waals surface area contributed by atoms with Gasteiger partial charge in [-0.2, -0.15) is 0 Å². The van der Waals surface area contributed by atoms with E-state index in [0.29, 0.717) is 38.5 Å². The lowest BCUT2D eigenvalue weighted by Crippen LogP contribution is -2.37. The normalized spacial score (nSPS) is 16.4. The van der Waals surface area contributed by atoms with E-state index in [0.717, 1.165) is 44.8 Å². The van der Waals surface area contributed by atoms with Crippen molar-refractivity contribution in [3.8, 4) is 22.5 Å². The summed E-state index contributed by atoms with van der Waals surface area (Å²) in [6, 6.07) is 11.7. The first-order valence-corrected chi connectivity index (χ1v) is 13.2. The molecule has 40 heavy (non-hydrogen) atoms. The number of carbonyl (C=O) groups excluding carboxylic acids is 2. The number of imidazole rings is 1. The summed E-state index contributed by atoms with van der Waals surface area (Å²) in [5, 5.41) is 4.54. The fourth-order valence-electron chi connectivity index (χ4n) is 5.21. The van der Waals surface area contributed by atoms with Crippen molar-refractivity contribution < 1.29 is 14.3 Å². The molecule has 1 N–H and O–H groups in total. The molecule has 0 aliphatic carbocycles. The number of aromatic nitrogens is 4. The van der Waals surface area contributed by atoms with E-state index >= 15 is 0 Å². The summed E-state index contributed by atoms with van der Waals surface area (Å²) >= 11 is 0. The lowest BCUT2D eigenvalue weighted by atomic mass is 10.0. The molecule has 1 aromatic carbocycles. The Morgan fingerprint density at radius 2 is 2.00 bits per heavy atom. The van der Waals surface area contributed by atoms with E-state index in [9.17, 15) is 9.59 Å². The Morgan fingerprint density at radius 3 is 2.80 bits per heavy atom. The molecule has 0 spiro atoms. The third kappa shape index (κ3) is 4.74. The maximum absolute atomic E-state index is 12.3. The molecule has 0 radical (unpaired) electrons. The lowest BCUT2D eigenvalue weighted by Gasteiger charge is -2.29. The Hall–Kier alpha value is -4.81. The highest BCUT2D eigenvalue weighted by Crippen LogP contribution is 2.36. The molecule has 0 saturated heterocycles. The molecule has 2 aliphatic heterocycles. The first-order chi connectivity index (χ1) is 19.5. The van der Waals surface area contributed by atoms with Crippen molar-refractivity contribution in [2.24, 2.45) is 0 Å². The fourth-order valence-corrected chi connectivity index (χ4v) is 5.21. The molecule has 2 amide bonds. The molecule has 5 heterocycles. The van der Waals surface area contributed by atoms with Gasteiger partial charge in [-0.3, -0.25) is 19.6 Å². The molecule has 0 saturated carbocycles. The number of benzene rings is 1. The van der Waals surface area contributed by atoms with Crippen molar-refractivity contribution in [1.29, 1.82) is 0 Å². The molecular formula is C31H28N6O3. The second kappa shape index (κ2) is 10.8. The zero-order chi connectivity index (χ0) is 27.6. The second-order valence-corrected chi connectivity index (χ2v) is 9.77. The van der Waals surface area contributed by atoms with Gasteiger partial charge in [-0.1, -0.05) is 29.7 Å². The number of carbonyl (C=O) groups is 2. The second-order valence-electron chi connectivity index (χ2n) is 9.77. The third-order valence-electron chi connectivity index (χ3n) is 7.32. The average Bonchev–Trinajstić information content (AvgIpc) is 3.34. The van der Waals surface area contributed by atoms with E-state index in [1.54, 1.807) is 26.2 Å². The van der Waals surface area contributed by atoms with Crippen molar-refractivity contribution in [2.75, 3.05) is 26.8 Å². The van der Waals surface area contributed by atoms with Gasteiger partial charge in [0, 0.05) is 56.0 Å². The van der Waals surface area contributed by atoms with Crippen molar-refractivity contribution in [3.05, 3.63) is 89.6 Å². The van der Waals surface area contributed by atoms with Crippen LogP contribution in [0, 0.1) is 0 Å². The molecule has 6 rings (SSSR count). The first kappa shape index (κ1) is 25.5. The minimum absolute atomic E-state index is 0.0440. The Kier molecular flexibility index (Phi) is 6.84. The van der Waals surface area contributed by atoms with Gasteiger partial charge in [0.25, 0.3) is 5.91 Å². The number of nitrogens with zero attached hydrogens (tertiary/aromatic N) is 5. The van der Waals surface area contributed by atoms with Crippen LogP contribution >= 0.6 is 0 Å². The minimum Gasteiger partial charge on any atom is -0.376 e. The molecular weight excluding hydrogens is 504 g/mol. The Labute approximate surface area is 231 Å². The van der Waals surface area contributed by atoms with E-state index in [4.69, 9.17) is 14.7 Å². The largest absolute Gasteiger partial charge is 0.376 e. The van der Waals surface area contributed by atoms with Gasteiger partial charge in [0.2, 0.25) is 5.91 Å². The van der Waals surface area contributed by atoms with Crippen LogP contribution in [0.4, 0.5) is 0 Å². The SMILES string of the molecule is CNC(=O)c1ccc(-c2cc3cccc(-c4nc([C@H]5C=C=C=CCOC5)n5c4CN(C(C)=O)CC5)c3cn2)cn1. The maximum atomic E-state index is 12.3. The van der Waals surface area contributed by atoms with Gasteiger partial charge < -0.3 is 19.5 Å². The van der Waals surface area contributed by atoms with Crippen LogP contribution in [0.25, 0.3) is 33.3 Å². The highest BCUT2D eigenvalue weighted by molar-refractivity contribution is 5.97. The predicted molar refractivity (Wildman–Crippen MR) is 150 cm³/mol. The highest BCUT2D eigenvalue weighted by atomic mass is 16.5. The number of rotatable bonds is 4. The van der Waals surface area contributed by atoms with Gasteiger partial charge in [-0.05, 0) is 35.7 Å². The van der Waals surface area contributed by atoms with Gasteiger partial charge in [0.15, 0.2) is 0 Å². The summed E-state index contributed by atoms with van der Waals surface area (Å²) < 4.78 is 8.04. The molecule has 2 aliphatic rings. The van der Waals surface area contributed by atoms with Crippen molar-refractivity contribution in [3.63, 3.8) is 0 Å². The summed E-state index contributed by atoms with van der Waals surface area (Å²) in [5.41, 5.74) is 10.8. The van der Waals surface area contributed by atoms with Crippen LogP contribution in [-0.4, -0.2) is 63.0 Å². The van der Waals surface area contributed by atoms with Gasteiger partial charge in [-0.15, -0.1) is 0 Å². The number of hydrogen-bond donors (Lipinski definition) is 1. The Balaban J connectivity index is 1.45.